The zero-order chi connectivity index (χ0) is 15.3. The van der Waals surface area contributed by atoms with Crippen LogP contribution in [0.1, 0.15) is 51.0 Å². The SMILES string of the molecule is CC(=O)[C@](CCN(C)C)(c1ccccc1)C1CCCCC1. The summed E-state index contributed by atoms with van der Waals surface area (Å²) in [7, 11) is 4.19. The number of hydrogen-bond acceptors (Lipinski definition) is 2. The average molecular weight is 287 g/mol. The maximum Gasteiger partial charge on any atom is 0.140 e. The third-order valence-electron chi connectivity index (χ3n) is 5.17. The first kappa shape index (κ1) is 16.2. The van der Waals surface area contributed by atoms with E-state index in [2.05, 4.69) is 43.3 Å². The van der Waals surface area contributed by atoms with Crippen LogP contribution in [-0.2, 0) is 10.2 Å². The van der Waals surface area contributed by atoms with Crippen molar-refractivity contribution in [3.63, 3.8) is 0 Å². The first-order valence-electron chi connectivity index (χ1n) is 8.28. The molecule has 1 aliphatic rings. The number of Topliss-reactive ketones (excluding diaryl/α,β-unsaturated/α-hetero) is 1. The lowest BCUT2D eigenvalue weighted by Gasteiger charge is -2.42. The zero-order valence-electron chi connectivity index (χ0n) is 13.8. The average Bonchev–Trinajstić information content (AvgIpc) is 2.49. The fourth-order valence-electron chi connectivity index (χ4n) is 3.98. The number of rotatable bonds is 6. The van der Waals surface area contributed by atoms with E-state index in [0.717, 1.165) is 13.0 Å². The van der Waals surface area contributed by atoms with Crippen molar-refractivity contribution in [3.05, 3.63) is 35.9 Å². The molecule has 2 nitrogen and oxygen atoms in total. The number of carbonyl (C=O) groups is 1. The van der Waals surface area contributed by atoms with E-state index in [1.54, 1.807) is 6.92 Å². The largest absolute Gasteiger partial charge is 0.309 e. The molecule has 1 fully saturated rings. The van der Waals surface area contributed by atoms with Gasteiger partial charge in [-0.1, -0.05) is 49.6 Å². The normalized spacial score (nSPS) is 19.4. The maximum atomic E-state index is 12.8. The Morgan fingerprint density at radius 3 is 2.29 bits per heavy atom. The monoisotopic (exact) mass is 287 g/mol. The van der Waals surface area contributed by atoms with E-state index >= 15 is 0 Å². The van der Waals surface area contributed by atoms with Crippen LogP contribution in [0.25, 0.3) is 0 Å². The molecule has 1 atom stereocenters. The van der Waals surface area contributed by atoms with Crippen molar-refractivity contribution in [3.8, 4) is 0 Å². The Kier molecular flexibility index (Phi) is 5.58. The van der Waals surface area contributed by atoms with Gasteiger partial charge in [0.15, 0.2) is 0 Å². The molecule has 21 heavy (non-hydrogen) atoms. The van der Waals surface area contributed by atoms with Gasteiger partial charge in [0.1, 0.15) is 5.78 Å². The molecule has 0 radical (unpaired) electrons. The van der Waals surface area contributed by atoms with Crippen LogP contribution < -0.4 is 0 Å². The molecule has 0 saturated heterocycles. The lowest BCUT2D eigenvalue weighted by atomic mass is 9.61. The minimum Gasteiger partial charge on any atom is -0.309 e. The third-order valence-corrected chi connectivity index (χ3v) is 5.17. The summed E-state index contributed by atoms with van der Waals surface area (Å²) in [6.45, 7) is 2.77. The highest BCUT2D eigenvalue weighted by molar-refractivity contribution is 5.88. The fraction of sp³-hybridized carbons (Fsp3) is 0.632. The van der Waals surface area contributed by atoms with Gasteiger partial charge in [0.05, 0.1) is 5.41 Å². The van der Waals surface area contributed by atoms with Gasteiger partial charge in [0, 0.05) is 0 Å². The number of benzene rings is 1. The summed E-state index contributed by atoms with van der Waals surface area (Å²) in [6.07, 6.45) is 7.20. The van der Waals surface area contributed by atoms with Crippen LogP contribution in [0.15, 0.2) is 30.3 Å². The molecule has 1 aliphatic carbocycles. The summed E-state index contributed by atoms with van der Waals surface area (Å²) in [4.78, 5) is 15.0. The smallest absolute Gasteiger partial charge is 0.140 e. The Balaban J connectivity index is 2.40. The summed E-state index contributed by atoms with van der Waals surface area (Å²) >= 11 is 0. The second-order valence-electron chi connectivity index (χ2n) is 6.78. The Bertz CT molecular complexity index is 448. The van der Waals surface area contributed by atoms with Crippen molar-refractivity contribution >= 4 is 5.78 Å². The standard InChI is InChI=1S/C19H29NO/c1-16(21)19(14-15-20(2)3,17-10-6-4-7-11-17)18-12-8-5-9-13-18/h4,6-7,10-11,18H,5,8-9,12-15H2,1-3H3/t19-/m1/s1. The van der Waals surface area contributed by atoms with Crippen LogP contribution in [0.5, 0.6) is 0 Å². The number of nitrogens with zero attached hydrogens (tertiary/aromatic N) is 1. The van der Waals surface area contributed by atoms with Gasteiger partial charge in [0.2, 0.25) is 0 Å². The number of ketones is 1. The second kappa shape index (κ2) is 7.22. The molecule has 1 aromatic rings. The Labute approximate surface area is 129 Å². The van der Waals surface area contributed by atoms with Gasteiger partial charge in [-0.2, -0.15) is 0 Å². The second-order valence-corrected chi connectivity index (χ2v) is 6.78. The van der Waals surface area contributed by atoms with Crippen LogP contribution in [0.3, 0.4) is 0 Å². The van der Waals surface area contributed by atoms with Gasteiger partial charge in [0.25, 0.3) is 0 Å². The van der Waals surface area contributed by atoms with Crippen molar-refractivity contribution in [2.75, 3.05) is 20.6 Å². The Morgan fingerprint density at radius 2 is 1.76 bits per heavy atom. The highest BCUT2D eigenvalue weighted by atomic mass is 16.1. The number of carbonyl (C=O) groups excluding carboxylic acids is 1. The van der Waals surface area contributed by atoms with Crippen molar-refractivity contribution in [1.82, 2.24) is 4.90 Å². The van der Waals surface area contributed by atoms with Crippen LogP contribution in [0.4, 0.5) is 0 Å². The Morgan fingerprint density at radius 1 is 1.14 bits per heavy atom. The van der Waals surface area contributed by atoms with E-state index in [-0.39, 0.29) is 5.41 Å². The van der Waals surface area contributed by atoms with E-state index in [1.165, 1.54) is 37.7 Å². The predicted octanol–water partition coefficient (Wildman–Crippen LogP) is 4.05. The highest BCUT2D eigenvalue weighted by Crippen LogP contribution is 2.44. The van der Waals surface area contributed by atoms with Crippen molar-refractivity contribution < 1.29 is 4.79 Å². The van der Waals surface area contributed by atoms with E-state index in [9.17, 15) is 4.79 Å². The molecular weight excluding hydrogens is 258 g/mol. The Hall–Kier alpha value is -1.15. The molecule has 0 aromatic heterocycles. The first-order chi connectivity index (χ1) is 10.1. The summed E-state index contributed by atoms with van der Waals surface area (Å²) in [6, 6.07) is 10.5. The fourth-order valence-corrected chi connectivity index (χ4v) is 3.98. The topological polar surface area (TPSA) is 20.3 Å². The van der Waals surface area contributed by atoms with Gasteiger partial charge < -0.3 is 4.90 Å². The molecule has 2 rings (SSSR count). The van der Waals surface area contributed by atoms with Gasteiger partial charge in [-0.15, -0.1) is 0 Å². The first-order valence-corrected chi connectivity index (χ1v) is 8.28. The predicted molar refractivity (Wildman–Crippen MR) is 88.5 cm³/mol. The molecule has 0 heterocycles. The van der Waals surface area contributed by atoms with Gasteiger partial charge >= 0.3 is 0 Å². The summed E-state index contributed by atoms with van der Waals surface area (Å²) in [5.74, 6) is 0.855. The molecular formula is C19H29NO. The molecule has 0 spiro atoms. The van der Waals surface area contributed by atoms with E-state index in [1.807, 2.05) is 6.07 Å². The summed E-state index contributed by atoms with van der Waals surface area (Å²) in [5.41, 5.74) is 0.942. The van der Waals surface area contributed by atoms with E-state index in [4.69, 9.17) is 0 Å². The summed E-state index contributed by atoms with van der Waals surface area (Å²) < 4.78 is 0. The maximum absolute atomic E-state index is 12.8. The van der Waals surface area contributed by atoms with E-state index in [0.29, 0.717) is 11.7 Å². The zero-order valence-corrected chi connectivity index (χ0v) is 13.8. The number of hydrogen-bond donors (Lipinski definition) is 0. The lowest BCUT2D eigenvalue weighted by Crippen LogP contribution is -2.44. The van der Waals surface area contributed by atoms with Crippen LogP contribution >= 0.6 is 0 Å². The molecule has 0 bridgehead atoms. The molecule has 2 heteroatoms. The third kappa shape index (κ3) is 3.55. The van der Waals surface area contributed by atoms with Crippen LogP contribution in [0.2, 0.25) is 0 Å². The minimum absolute atomic E-state index is 0.286. The van der Waals surface area contributed by atoms with Crippen molar-refractivity contribution in [1.29, 1.82) is 0 Å². The van der Waals surface area contributed by atoms with Crippen molar-refractivity contribution in [2.45, 2.75) is 50.9 Å². The molecule has 0 unspecified atom stereocenters. The quantitative estimate of drug-likeness (QED) is 0.787. The molecule has 0 N–H and O–H groups in total. The van der Waals surface area contributed by atoms with Gasteiger partial charge in [-0.25, -0.2) is 0 Å². The molecule has 116 valence electrons. The van der Waals surface area contributed by atoms with Crippen molar-refractivity contribution in [2.24, 2.45) is 5.92 Å². The molecule has 1 aromatic carbocycles. The van der Waals surface area contributed by atoms with Crippen LogP contribution in [0, 0.1) is 5.92 Å². The van der Waals surface area contributed by atoms with Gasteiger partial charge in [-0.3, -0.25) is 4.79 Å². The highest BCUT2D eigenvalue weighted by Gasteiger charge is 2.44. The van der Waals surface area contributed by atoms with Crippen LogP contribution in [-0.4, -0.2) is 31.3 Å². The minimum atomic E-state index is -0.286. The molecule has 0 aliphatic heterocycles. The van der Waals surface area contributed by atoms with E-state index < -0.39 is 0 Å². The lowest BCUT2D eigenvalue weighted by molar-refractivity contribution is -0.125. The molecule has 0 amide bonds. The van der Waals surface area contributed by atoms with Gasteiger partial charge in [-0.05, 0) is 58.3 Å². The summed E-state index contributed by atoms with van der Waals surface area (Å²) in [5, 5.41) is 0. The molecule has 1 saturated carbocycles.